The second kappa shape index (κ2) is 13.7. The molecule has 1 amide bonds. The number of hydrogen-bond donors (Lipinski definition) is 1. The fourth-order valence-corrected chi connectivity index (χ4v) is 5.10. The van der Waals surface area contributed by atoms with E-state index in [1.165, 1.54) is 37.6 Å². The van der Waals surface area contributed by atoms with E-state index in [1.54, 1.807) is 37.3 Å². The fourth-order valence-electron chi connectivity index (χ4n) is 3.14. The van der Waals surface area contributed by atoms with Crippen LogP contribution in [0.3, 0.4) is 0 Å². The summed E-state index contributed by atoms with van der Waals surface area (Å²) in [7, 11) is -2.63. The topological polar surface area (TPSA) is 113 Å². The van der Waals surface area contributed by atoms with Gasteiger partial charge in [-0.05, 0) is 96.1 Å². The average Bonchev–Trinajstić information content (AvgIpc) is 2.89. The number of rotatable bonds is 12. The molecular weight excluding hydrogens is 647 g/mol. The van der Waals surface area contributed by atoms with Crippen molar-refractivity contribution in [3.05, 3.63) is 74.3 Å². The van der Waals surface area contributed by atoms with E-state index in [-0.39, 0.29) is 23.0 Å². The van der Waals surface area contributed by atoms with E-state index in [1.807, 2.05) is 29.5 Å². The van der Waals surface area contributed by atoms with Gasteiger partial charge in [-0.2, -0.15) is 13.5 Å². The summed E-state index contributed by atoms with van der Waals surface area (Å²) in [6.45, 7) is 4.56. The molecule has 38 heavy (non-hydrogen) atoms. The SMILES string of the molecule is CCCOc1ccc(C(=O)N/N=C/c2cc(I)c(OS(=O)(=O)c3ccc(Cl)cc3)c(OCC)c2)cc1OC. The van der Waals surface area contributed by atoms with Crippen LogP contribution in [-0.4, -0.2) is 40.9 Å². The maximum Gasteiger partial charge on any atom is 0.339 e. The standard InChI is InChI=1S/C26H26ClIN2O7S/c1-4-12-36-22-11-6-18(15-23(22)34-3)26(31)30-29-16-17-13-21(28)25(24(14-17)35-5-2)37-38(32,33)20-9-7-19(27)8-10-20/h6-11,13-16H,4-5,12H2,1-3H3,(H,30,31)/b29-16+. The minimum absolute atomic E-state index is 0.0427. The molecule has 0 atom stereocenters. The average molecular weight is 673 g/mol. The Kier molecular flexibility index (Phi) is 10.6. The minimum atomic E-state index is -4.13. The van der Waals surface area contributed by atoms with Crippen molar-refractivity contribution in [2.45, 2.75) is 25.2 Å². The molecule has 0 heterocycles. The summed E-state index contributed by atoms with van der Waals surface area (Å²) >= 11 is 7.80. The summed E-state index contributed by atoms with van der Waals surface area (Å²) < 4.78 is 48.0. The lowest BCUT2D eigenvalue weighted by Crippen LogP contribution is -2.17. The monoisotopic (exact) mass is 672 g/mol. The van der Waals surface area contributed by atoms with E-state index < -0.39 is 16.0 Å². The first kappa shape index (κ1) is 29.5. The van der Waals surface area contributed by atoms with Crippen LogP contribution >= 0.6 is 34.2 Å². The molecule has 0 saturated heterocycles. The number of halogens is 2. The van der Waals surface area contributed by atoms with Crippen molar-refractivity contribution >= 4 is 56.4 Å². The Balaban J connectivity index is 1.77. The molecule has 9 nitrogen and oxygen atoms in total. The summed E-state index contributed by atoms with van der Waals surface area (Å²) in [6.07, 6.45) is 2.26. The summed E-state index contributed by atoms with van der Waals surface area (Å²) in [5.41, 5.74) is 3.35. The Morgan fingerprint density at radius 1 is 1.03 bits per heavy atom. The Bertz CT molecular complexity index is 1410. The van der Waals surface area contributed by atoms with Crippen LogP contribution in [0.4, 0.5) is 0 Å². The molecule has 3 aromatic carbocycles. The highest BCUT2D eigenvalue weighted by atomic mass is 127. The van der Waals surface area contributed by atoms with Gasteiger partial charge < -0.3 is 18.4 Å². The number of nitrogens with zero attached hydrogens (tertiary/aromatic N) is 1. The molecule has 0 fully saturated rings. The van der Waals surface area contributed by atoms with Gasteiger partial charge in [-0.3, -0.25) is 4.79 Å². The zero-order valence-corrected chi connectivity index (χ0v) is 24.6. The number of methoxy groups -OCH3 is 1. The van der Waals surface area contributed by atoms with E-state index >= 15 is 0 Å². The molecule has 0 spiro atoms. The largest absolute Gasteiger partial charge is 0.493 e. The number of hydrogen-bond acceptors (Lipinski definition) is 8. The van der Waals surface area contributed by atoms with Crippen LogP contribution in [0.25, 0.3) is 0 Å². The van der Waals surface area contributed by atoms with Gasteiger partial charge in [0.05, 0.1) is 30.1 Å². The summed E-state index contributed by atoms with van der Waals surface area (Å²) in [6, 6.07) is 13.7. The Morgan fingerprint density at radius 3 is 2.42 bits per heavy atom. The fraction of sp³-hybridized carbons (Fsp3) is 0.231. The minimum Gasteiger partial charge on any atom is -0.493 e. The van der Waals surface area contributed by atoms with Crippen LogP contribution in [0.1, 0.15) is 36.2 Å². The molecule has 1 N–H and O–H groups in total. The number of benzene rings is 3. The molecule has 0 radical (unpaired) electrons. The van der Waals surface area contributed by atoms with Crippen molar-refractivity contribution < 1.29 is 31.6 Å². The lowest BCUT2D eigenvalue weighted by Gasteiger charge is -2.14. The zero-order chi connectivity index (χ0) is 27.7. The lowest BCUT2D eigenvalue weighted by molar-refractivity contribution is 0.0954. The third-order valence-electron chi connectivity index (χ3n) is 4.89. The molecule has 12 heteroatoms. The van der Waals surface area contributed by atoms with E-state index in [2.05, 4.69) is 10.5 Å². The third-order valence-corrected chi connectivity index (χ3v) is 7.18. The van der Waals surface area contributed by atoms with Crippen LogP contribution in [-0.2, 0) is 10.1 Å². The molecule has 3 aromatic rings. The van der Waals surface area contributed by atoms with Gasteiger partial charge in [0.15, 0.2) is 23.0 Å². The highest BCUT2D eigenvalue weighted by Crippen LogP contribution is 2.36. The molecule has 0 aromatic heterocycles. The van der Waals surface area contributed by atoms with Crippen molar-refractivity contribution in [2.75, 3.05) is 20.3 Å². The lowest BCUT2D eigenvalue weighted by atomic mass is 10.2. The smallest absolute Gasteiger partial charge is 0.339 e. The highest BCUT2D eigenvalue weighted by Gasteiger charge is 2.22. The summed E-state index contributed by atoms with van der Waals surface area (Å²) in [5, 5.41) is 4.42. The molecule has 0 aliphatic rings. The van der Waals surface area contributed by atoms with Gasteiger partial charge in [0.1, 0.15) is 4.90 Å². The predicted molar refractivity (Wildman–Crippen MR) is 153 cm³/mol. The van der Waals surface area contributed by atoms with Crippen LogP contribution in [0.2, 0.25) is 5.02 Å². The van der Waals surface area contributed by atoms with Crippen LogP contribution in [0.15, 0.2) is 64.6 Å². The molecular formula is C26H26ClIN2O7S. The quantitative estimate of drug-likeness (QED) is 0.114. The summed E-state index contributed by atoms with van der Waals surface area (Å²) in [4.78, 5) is 12.5. The Labute approximate surface area is 240 Å². The van der Waals surface area contributed by atoms with Crippen molar-refractivity contribution in [2.24, 2.45) is 5.10 Å². The predicted octanol–water partition coefficient (Wildman–Crippen LogP) is 5.67. The number of carbonyl (C=O) groups is 1. The molecule has 202 valence electrons. The number of hydrazone groups is 1. The number of amides is 1. The normalized spacial score (nSPS) is 11.3. The van der Waals surface area contributed by atoms with Crippen LogP contribution in [0.5, 0.6) is 23.0 Å². The second-order valence-corrected chi connectivity index (χ2v) is 10.8. The Morgan fingerprint density at radius 2 is 1.76 bits per heavy atom. The van der Waals surface area contributed by atoms with Gasteiger partial charge in [0.2, 0.25) is 0 Å². The maximum atomic E-state index is 12.8. The molecule has 0 unspecified atom stereocenters. The van der Waals surface area contributed by atoms with Gasteiger partial charge in [0, 0.05) is 10.6 Å². The van der Waals surface area contributed by atoms with Crippen molar-refractivity contribution in [1.82, 2.24) is 5.43 Å². The van der Waals surface area contributed by atoms with Crippen molar-refractivity contribution in [3.8, 4) is 23.0 Å². The molecule has 0 bridgehead atoms. The highest BCUT2D eigenvalue weighted by molar-refractivity contribution is 14.1. The first-order valence-electron chi connectivity index (χ1n) is 11.5. The van der Waals surface area contributed by atoms with Crippen molar-refractivity contribution in [1.29, 1.82) is 0 Å². The molecule has 0 aliphatic carbocycles. The first-order valence-corrected chi connectivity index (χ1v) is 14.4. The zero-order valence-electron chi connectivity index (χ0n) is 20.9. The van der Waals surface area contributed by atoms with Crippen molar-refractivity contribution in [3.63, 3.8) is 0 Å². The van der Waals surface area contributed by atoms with E-state index in [0.717, 1.165) is 6.42 Å². The van der Waals surface area contributed by atoms with Gasteiger partial charge in [-0.15, -0.1) is 0 Å². The van der Waals surface area contributed by atoms with Gasteiger partial charge >= 0.3 is 10.1 Å². The van der Waals surface area contributed by atoms with E-state index in [4.69, 9.17) is 30.0 Å². The van der Waals surface area contributed by atoms with E-state index in [9.17, 15) is 13.2 Å². The van der Waals surface area contributed by atoms with Crippen LogP contribution < -0.4 is 23.8 Å². The van der Waals surface area contributed by atoms with Crippen LogP contribution in [0, 0.1) is 3.57 Å². The molecule has 0 saturated carbocycles. The molecule has 0 aliphatic heterocycles. The summed E-state index contributed by atoms with van der Waals surface area (Å²) in [5.74, 6) is 0.788. The maximum absolute atomic E-state index is 12.8. The first-order chi connectivity index (χ1) is 18.2. The second-order valence-electron chi connectivity index (χ2n) is 7.67. The number of nitrogens with one attached hydrogen (secondary N) is 1. The van der Waals surface area contributed by atoms with E-state index in [0.29, 0.717) is 37.8 Å². The van der Waals surface area contributed by atoms with Gasteiger partial charge in [-0.25, -0.2) is 5.43 Å². The van der Waals surface area contributed by atoms with Gasteiger partial charge in [-0.1, -0.05) is 18.5 Å². The molecule has 3 rings (SSSR count). The van der Waals surface area contributed by atoms with Gasteiger partial charge in [0.25, 0.3) is 5.91 Å². The number of ether oxygens (including phenoxy) is 3. The third kappa shape index (κ3) is 7.74. The number of carbonyl (C=O) groups excluding carboxylic acids is 1. The Hall–Kier alpha value is -3.03.